The minimum atomic E-state index is -0.171. The lowest BCUT2D eigenvalue weighted by Crippen LogP contribution is -2.48. The van der Waals surface area contributed by atoms with Crippen LogP contribution < -0.4 is 0 Å². The molecule has 2 aliphatic carbocycles. The van der Waals surface area contributed by atoms with Crippen molar-refractivity contribution in [3.63, 3.8) is 0 Å². The van der Waals surface area contributed by atoms with Gasteiger partial charge in [-0.05, 0) is 31.1 Å². The lowest BCUT2D eigenvalue weighted by Gasteiger charge is -2.44. The van der Waals surface area contributed by atoms with E-state index >= 15 is 0 Å². The van der Waals surface area contributed by atoms with Crippen LogP contribution in [0.2, 0.25) is 0 Å². The number of carbonyl (C=O) groups excluding carboxylic acids is 1. The molecule has 0 bridgehead atoms. The lowest BCUT2D eigenvalue weighted by atomic mass is 9.59. The van der Waals surface area contributed by atoms with Gasteiger partial charge < -0.3 is 9.47 Å². The lowest BCUT2D eigenvalue weighted by molar-refractivity contribution is -0.149. The van der Waals surface area contributed by atoms with E-state index < -0.39 is 0 Å². The molecule has 0 N–H and O–H groups in total. The van der Waals surface area contributed by atoms with E-state index in [0.29, 0.717) is 5.41 Å². The molecule has 0 aromatic carbocycles. The van der Waals surface area contributed by atoms with Gasteiger partial charge >= 0.3 is 5.97 Å². The number of epoxide rings is 1. The first-order valence-electron chi connectivity index (χ1n) is 6.42. The number of hydrogen-bond acceptors (Lipinski definition) is 3. The van der Waals surface area contributed by atoms with Gasteiger partial charge in [-0.2, -0.15) is 0 Å². The Hall–Kier alpha value is -0.570. The summed E-state index contributed by atoms with van der Waals surface area (Å²) in [5, 5.41) is 0. The molecule has 0 unspecified atom stereocenters. The molecule has 1 saturated heterocycles. The fourth-order valence-electron chi connectivity index (χ4n) is 3.95. The summed E-state index contributed by atoms with van der Waals surface area (Å²) in [6.45, 7) is 3.85. The summed E-state index contributed by atoms with van der Waals surface area (Å²) in [6.07, 6.45) is 7.34. The molecule has 3 fully saturated rings. The summed E-state index contributed by atoms with van der Waals surface area (Å²) < 4.78 is 11.4. The van der Waals surface area contributed by atoms with Gasteiger partial charge in [-0.3, -0.25) is 4.79 Å². The van der Waals surface area contributed by atoms with E-state index in [0.717, 1.165) is 19.3 Å². The first kappa shape index (κ1) is 10.6. The maximum Gasteiger partial charge on any atom is 0.302 e. The standard InChI is InChI=1S/C13H20O3/c1-9(14)15-10-5-8-12(2)6-3-4-7-13(12)11(10)16-13/h10-11H,3-8H2,1-2H3/t10-,11+,12+,13+/m1/s1. The predicted molar refractivity (Wildman–Crippen MR) is 59.0 cm³/mol. The van der Waals surface area contributed by atoms with E-state index in [1.54, 1.807) is 0 Å². The van der Waals surface area contributed by atoms with Gasteiger partial charge in [0.1, 0.15) is 17.8 Å². The topological polar surface area (TPSA) is 38.8 Å². The van der Waals surface area contributed by atoms with E-state index in [1.165, 1.54) is 26.2 Å². The van der Waals surface area contributed by atoms with Gasteiger partial charge in [0.2, 0.25) is 0 Å². The van der Waals surface area contributed by atoms with E-state index in [9.17, 15) is 4.79 Å². The largest absolute Gasteiger partial charge is 0.460 e. The summed E-state index contributed by atoms with van der Waals surface area (Å²) >= 11 is 0. The molecule has 4 atom stereocenters. The second kappa shape index (κ2) is 3.22. The van der Waals surface area contributed by atoms with Crippen LogP contribution in [-0.2, 0) is 14.3 Å². The van der Waals surface area contributed by atoms with E-state index in [4.69, 9.17) is 9.47 Å². The highest BCUT2D eigenvalue weighted by atomic mass is 16.6. The first-order valence-corrected chi connectivity index (χ1v) is 6.42. The Bertz CT molecular complexity index is 327. The van der Waals surface area contributed by atoms with Crippen molar-refractivity contribution < 1.29 is 14.3 Å². The third-order valence-electron chi connectivity index (χ3n) is 4.92. The van der Waals surface area contributed by atoms with Crippen LogP contribution in [0.25, 0.3) is 0 Å². The number of carbonyl (C=O) groups is 1. The molecule has 3 nitrogen and oxygen atoms in total. The molecular weight excluding hydrogens is 204 g/mol. The number of hydrogen-bond donors (Lipinski definition) is 0. The van der Waals surface area contributed by atoms with Gasteiger partial charge in [-0.15, -0.1) is 0 Å². The minimum Gasteiger partial charge on any atom is -0.460 e. The zero-order chi connectivity index (χ0) is 11.4. The molecule has 0 aromatic heterocycles. The molecule has 0 amide bonds. The molecule has 3 heteroatoms. The molecule has 1 heterocycles. The Balaban J connectivity index is 1.79. The van der Waals surface area contributed by atoms with Crippen LogP contribution in [0.4, 0.5) is 0 Å². The van der Waals surface area contributed by atoms with Gasteiger partial charge in [0, 0.05) is 6.92 Å². The van der Waals surface area contributed by atoms with Crippen molar-refractivity contribution in [2.24, 2.45) is 5.41 Å². The molecule has 3 aliphatic rings. The van der Waals surface area contributed by atoms with Crippen molar-refractivity contribution in [3.8, 4) is 0 Å². The summed E-state index contributed by atoms with van der Waals surface area (Å²) in [4.78, 5) is 11.0. The van der Waals surface area contributed by atoms with Crippen molar-refractivity contribution >= 4 is 5.97 Å². The Kier molecular flexibility index (Phi) is 2.13. The van der Waals surface area contributed by atoms with Gasteiger partial charge in [-0.1, -0.05) is 19.8 Å². The average Bonchev–Trinajstić information content (AvgIpc) is 2.94. The molecule has 1 spiro atoms. The molecule has 16 heavy (non-hydrogen) atoms. The predicted octanol–water partition coefficient (Wildman–Crippen LogP) is 2.43. The van der Waals surface area contributed by atoms with Crippen LogP contribution in [0.1, 0.15) is 52.4 Å². The number of esters is 1. The zero-order valence-corrected chi connectivity index (χ0v) is 10.1. The van der Waals surface area contributed by atoms with Crippen LogP contribution in [-0.4, -0.2) is 23.8 Å². The summed E-state index contributed by atoms with van der Waals surface area (Å²) in [7, 11) is 0. The fraction of sp³-hybridized carbons (Fsp3) is 0.923. The van der Waals surface area contributed by atoms with E-state index in [2.05, 4.69) is 6.92 Å². The SMILES string of the molecule is CC(=O)O[C@@H]1CC[C@]2(C)CCCC[C@@]23O[C@@H]13. The van der Waals surface area contributed by atoms with Crippen LogP contribution in [0.15, 0.2) is 0 Å². The molecular formula is C13H20O3. The van der Waals surface area contributed by atoms with Crippen LogP contribution >= 0.6 is 0 Å². The van der Waals surface area contributed by atoms with Crippen LogP contribution in [0, 0.1) is 5.41 Å². The summed E-state index contributed by atoms with van der Waals surface area (Å²) in [5.74, 6) is -0.171. The van der Waals surface area contributed by atoms with E-state index in [1.807, 2.05) is 0 Å². The maximum atomic E-state index is 11.0. The molecule has 1 aliphatic heterocycles. The third kappa shape index (κ3) is 1.27. The Labute approximate surface area is 96.5 Å². The Morgan fingerprint density at radius 3 is 2.81 bits per heavy atom. The number of ether oxygens (including phenoxy) is 2. The summed E-state index contributed by atoms with van der Waals surface area (Å²) in [6, 6.07) is 0. The van der Waals surface area contributed by atoms with Crippen molar-refractivity contribution in [2.45, 2.75) is 70.2 Å². The highest BCUT2D eigenvalue weighted by molar-refractivity contribution is 5.66. The van der Waals surface area contributed by atoms with Crippen molar-refractivity contribution in [3.05, 3.63) is 0 Å². The highest BCUT2D eigenvalue weighted by Crippen LogP contribution is 2.65. The van der Waals surface area contributed by atoms with Crippen molar-refractivity contribution in [2.75, 3.05) is 0 Å². The van der Waals surface area contributed by atoms with Crippen molar-refractivity contribution in [1.29, 1.82) is 0 Å². The zero-order valence-electron chi connectivity index (χ0n) is 10.1. The smallest absolute Gasteiger partial charge is 0.302 e. The Morgan fingerprint density at radius 1 is 1.31 bits per heavy atom. The monoisotopic (exact) mass is 224 g/mol. The van der Waals surface area contributed by atoms with Crippen molar-refractivity contribution in [1.82, 2.24) is 0 Å². The van der Waals surface area contributed by atoms with Gasteiger partial charge in [0.25, 0.3) is 0 Å². The molecule has 3 rings (SSSR count). The summed E-state index contributed by atoms with van der Waals surface area (Å²) in [5.41, 5.74) is 0.399. The first-order chi connectivity index (χ1) is 7.57. The quantitative estimate of drug-likeness (QED) is 0.507. The maximum absolute atomic E-state index is 11.0. The Morgan fingerprint density at radius 2 is 2.06 bits per heavy atom. The average molecular weight is 224 g/mol. The van der Waals surface area contributed by atoms with Gasteiger partial charge in [-0.25, -0.2) is 0 Å². The minimum absolute atomic E-state index is 0.0173. The molecule has 90 valence electrons. The highest BCUT2D eigenvalue weighted by Gasteiger charge is 2.72. The van der Waals surface area contributed by atoms with E-state index in [-0.39, 0.29) is 23.8 Å². The van der Waals surface area contributed by atoms with Gasteiger partial charge in [0.05, 0.1) is 0 Å². The van der Waals surface area contributed by atoms with Gasteiger partial charge in [0.15, 0.2) is 0 Å². The number of rotatable bonds is 1. The molecule has 0 aromatic rings. The third-order valence-corrected chi connectivity index (χ3v) is 4.92. The second-order valence-electron chi connectivity index (χ2n) is 5.88. The van der Waals surface area contributed by atoms with Crippen LogP contribution in [0.3, 0.4) is 0 Å². The second-order valence-corrected chi connectivity index (χ2v) is 5.88. The molecule has 2 saturated carbocycles. The molecule has 0 radical (unpaired) electrons. The fourth-order valence-corrected chi connectivity index (χ4v) is 3.95. The van der Waals surface area contributed by atoms with Crippen LogP contribution in [0.5, 0.6) is 0 Å². The normalized spacial score (nSPS) is 50.1.